The molecule has 1 heterocycles. The minimum atomic E-state index is -0.929. The van der Waals surface area contributed by atoms with Gasteiger partial charge in [-0.1, -0.05) is 17.7 Å². The third-order valence-electron chi connectivity index (χ3n) is 4.53. The van der Waals surface area contributed by atoms with Crippen LogP contribution in [0.15, 0.2) is 24.3 Å². The number of hydrogen-bond donors (Lipinski definition) is 1. The molecule has 1 aromatic heterocycles. The molecule has 0 aliphatic rings. The van der Waals surface area contributed by atoms with Crippen LogP contribution in [0.5, 0.6) is 5.75 Å². The van der Waals surface area contributed by atoms with Gasteiger partial charge in [-0.05, 0) is 58.7 Å². The Balaban J connectivity index is 1.83. The maximum Gasteiger partial charge on any atom is 0.306 e. The fraction of sp³-hybridized carbons (Fsp3) is 0.409. The van der Waals surface area contributed by atoms with Gasteiger partial charge in [0.25, 0.3) is 0 Å². The van der Waals surface area contributed by atoms with Gasteiger partial charge in [-0.25, -0.2) is 0 Å². The van der Waals surface area contributed by atoms with E-state index in [1.54, 1.807) is 13.8 Å². The second kappa shape index (κ2) is 9.35. The number of ether oxygens (including phenoxy) is 2. The number of rotatable bonds is 9. The Morgan fingerprint density at radius 3 is 2.29 bits per heavy atom. The number of aromatic nitrogens is 1. The van der Waals surface area contributed by atoms with Crippen LogP contribution < -0.4 is 4.74 Å². The highest BCUT2D eigenvalue weighted by Gasteiger charge is 2.25. The molecule has 2 aromatic rings. The minimum Gasteiger partial charge on any atom is -0.494 e. The zero-order chi connectivity index (χ0) is 20.8. The molecule has 6 nitrogen and oxygen atoms in total. The fourth-order valence-corrected chi connectivity index (χ4v) is 3.08. The summed E-state index contributed by atoms with van der Waals surface area (Å²) in [6.07, 6.45) is -0.282. The number of esters is 1. The van der Waals surface area contributed by atoms with Crippen LogP contribution in [0, 0.1) is 20.8 Å². The molecule has 0 amide bonds. The van der Waals surface area contributed by atoms with Crippen LogP contribution in [-0.2, 0) is 9.53 Å². The van der Waals surface area contributed by atoms with Crippen molar-refractivity contribution in [3.05, 3.63) is 52.3 Å². The summed E-state index contributed by atoms with van der Waals surface area (Å²) < 4.78 is 10.8. The lowest BCUT2D eigenvalue weighted by Crippen LogP contribution is -2.25. The number of nitrogens with one attached hydrogen (secondary N) is 1. The molecule has 0 unspecified atom stereocenters. The number of aromatic amines is 1. The topological polar surface area (TPSA) is 85.5 Å². The SMILES string of the molecule is CC(=O)c1c(C)[nH]c(C(=O)[C@@H](C)OC(=O)CCCOc2ccc(C)cc2)c1C. The largest absolute Gasteiger partial charge is 0.494 e. The van der Waals surface area contributed by atoms with Crippen LogP contribution in [-0.4, -0.2) is 35.2 Å². The first-order chi connectivity index (χ1) is 13.2. The van der Waals surface area contributed by atoms with Gasteiger partial charge < -0.3 is 14.5 Å². The Kier molecular flexibility index (Phi) is 7.15. The molecular weight excluding hydrogens is 358 g/mol. The van der Waals surface area contributed by atoms with Crippen molar-refractivity contribution in [2.45, 2.75) is 53.6 Å². The first-order valence-corrected chi connectivity index (χ1v) is 9.34. The van der Waals surface area contributed by atoms with E-state index in [0.29, 0.717) is 35.5 Å². The molecule has 1 N–H and O–H groups in total. The Morgan fingerprint density at radius 2 is 1.71 bits per heavy atom. The van der Waals surface area contributed by atoms with Crippen molar-refractivity contribution in [1.82, 2.24) is 4.98 Å². The van der Waals surface area contributed by atoms with Crippen molar-refractivity contribution in [3.63, 3.8) is 0 Å². The van der Waals surface area contributed by atoms with Crippen molar-refractivity contribution >= 4 is 17.5 Å². The normalized spacial score (nSPS) is 11.8. The summed E-state index contributed by atoms with van der Waals surface area (Å²) in [5.74, 6) is -0.164. The Morgan fingerprint density at radius 1 is 1.07 bits per heavy atom. The molecule has 6 heteroatoms. The predicted molar refractivity (Wildman–Crippen MR) is 106 cm³/mol. The van der Waals surface area contributed by atoms with Gasteiger partial charge in [0.2, 0.25) is 5.78 Å². The molecule has 150 valence electrons. The average Bonchev–Trinajstić information content (AvgIpc) is 2.93. The highest BCUT2D eigenvalue weighted by atomic mass is 16.5. The predicted octanol–water partition coefficient (Wildman–Crippen LogP) is 4.12. The second-order valence-corrected chi connectivity index (χ2v) is 6.94. The maximum atomic E-state index is 12.6. The molecule has 0 fully saturated rings. The van der Waals surface area contributed by atoms with Crippen molar-refractivity contribution in [2.75, 3.05) is 6.61 Å². The van der Waals surface area contributed by atoms with Gasteiger partial charge in [0.1, 0.15) is 5.75 Å². The van der Waals surface area contributed by atoms with Crippen molar-refractivity contribution in [3.8, 4) is 5.75 Å². The zero-order valence-corrected chi connectivity index (χ0v) is 17.0. The fourth-order valence-electron chi connectivity index (χ4n) is 3.08. The molecule has 0 spiro atoms. The number of benzene rings is 1. The third-order valence-corrected chi connectivity index (χ3v) is 4.53. The molecule has 1 atom stereocenters. The highest BCUT2D eigenvalue weighted by Crippen LogP contribution is 2.20. The number of H-pyrrole nitrogens is 1. The maximum absolute atomic E-state index is 12.6. The van der Waals surface area contributed by atoms with Gasteiger partial charge >= 0.3 is 5.97 Å². The van der Waals surface area contributed by atoms with Crippen LogP contribution in [0.2, 0.25) is 0 Å². The van der Waals surface area contributed by atoms with Crippen molar-refractivity contribution < 1.29 is 23.9 Å². The van der Waals surface area contributed by atoms with E-state index in [0.717, 1.165) is 11.3 Å². The van der Waals surface area contributed by atoms with Gasteiger partial charge in [0.15, 0.2) is 11.9 Å². The lowest BCUT2D eigenvalue weighted by molar-refractivity contribution is -0.146. The van der Waals surface area contributed by atoms with Gasteiger partial charge in [-0.3, -0.25) is 14.4 Å². The summed E-state index contributed by atoms with van der Waals surface area (Å²) in [7, 11) is 0. The van der Waals surface area contributed by atoms with Crippen LogP contribution in [0.3, 0.4) is 0 Å². The van der Waals surface area contributed by atoms with E-state index in [2.05, 4.69) is 4.98 Å². The second-order valence-electron chi connectivity index (χ2n) is 6.94. The summed E-state index contributed by atoms with van der Waals surface area (Å²) in [5, 5.41) is 0. The molecule has 28 heavy (non-hydrogen) atoms. The minimum absolute atomic E-state index is 0.108. The number of carbonyl (C=O) groups excluding carboxylic acids is 3. The van der Waals surface area contributed by atoms with Gasteiger partial charge in [-0.15, -0.1) is 0 Å². The average molecular weight is 385 g/mol. The van der Waals surface area contributed by atoms with E-state index < -0.39 is 12.1 Å². The molecule has 0 bridgehead atoms. The number of ketones is 2. The van der Waals surface area contributed by atoms with Crippen LogP contribution >= 0.6 is 0 Å². The number of Topliss-reactive ketones (excluding diaryl/α,β-unsaturated/α-hetero) is 2. The molecule has 0 aliphatic carbocycles. The standard InChI is InChI=1S/C22H27NO5/c1-13-8-10-18(11-9-13)27-12-6-7-19(25)28-17(5)22(26)21-14(2)20(16(4)24)15(3)23-21/h8-11,17,23H,6-7,12H2,1-5H3/t17-/m1/s1. The van der Waals surface area contributed by atoms with Crippen LogP contribution in [0.1, 0.15) is 64.4 Å². The summed E-state index contributed by atoms with van der Waals surface area (Å²) >= 11 is 0. The highest BCUT2D eigenvalue weighted by molar-refractivity contribution is 6.05. The lowest BCUT2D eigenvalue weighted by atomic mass is 10.0. The molecule has 0 saturated heterocycles. The third kappa shape index (κ3) is 5.31. The van der Waals surface area contributed by atoms with E-state index in [4.69, 9.17) is 9.47 Å². The Labute approximate surface area is 165 Å². The molecule has 0 saturated carbocycles. The quantitative estimate of drug-likeness (QED) is 0.399. The van der Waals surface area contributed by atoms with Gasteiger partial charge in [-0.2, -0.15) is 0 Å². The summed E-state index contributed by atoms with van der Waals surface area (Å²) in [4.78, 5) is 39.3. The molecule has 0 radical (unpaired) electrons. The van der Waals surface area contributed by atoms with Gasteiger partial charge in [0, 0.05) is 17.7 Å². The molecular formula is C22H27NO5. The van der Waals surface area contributed by atoms with E-state index in [1.807, 2.05) is 31.2 Å². The molecule has 2 rings (SSSR count). The zero-order valence-electron chi connectivity index (χ0n) is 17.0. The monoisotopic (exact) mass is 385 g/mol. The molecule has 0 aliphatic heterocycles. The smallest absolute Gasteiger partial charge is 0.306 e. The van der Waals surface area contributed by atoms with E-state index >= 15 is 0 Å². The lowest BCUT2D eigenvalue weighted by Gasteiger charge is -2.12. The number of aryl methyl sites for hydroxylation is 2. The Bertz CT molecular complexity index is 864. The molecule has 1 aromatic carbocycles. The van der Waals surface area contributed by atoms with E-state index in [9.17, 15) is 14.4 Å². The summed E-state index contributed by atoms with van der Waals surface area (Å²) in [6.45, 7) is 8.83. The van der Waals surface area contributed by atoms with Gasteiger partial charge in [0.05, 0.1) is 12.3 Å². The van der Waals surface area contributed by atoms with Crippen molar-refractivity contribution in [1.29, 1.82) is 0 Å². The van der Waals surface area contributed by atoms with Crippen molar-refractivity contribution in [2.24, 2.45) is 0 Å². The van der Waals surface area contributed by atoms with Crippen LogP contribution in [0.25, 0.3) is 0 Å². The Hall–Kier alpha value is -2.89. The summed E-state index contributed by atoms with van der Waals surface area (Å²) in [6, 6.07) is 7.67. The first-order valence-electron chi connectivity index (χ1n) is 9.34. The van der Waals surface area contributed by atoms with Crippen LogP contribution in [0.4, 0.5) is 0 Å². The summed E-state index contributed by atoms with van der Waals surface area (Å²) in [5.41, 5.74) is 3.20. The van der Waals surface area contributed by atoms with E-state index in [1.165, 1.54) is 13.8 Å². The first kappa shape index (κ1) is 21.4. The van der Waals surface area contributed by atoms with E-state index in [-0.39, 0.29) is 18.0 Å². The number of carbonyl (C=O) groups is 3. The number of hydrogen-bond acceptors (Lipinski definition) is 5.